The number of hydrogen-bond acceptors (Lipinski definition) is 2. The van der Waals surface area contributed by atoms with Crippen LogP contribution in [0.3, 0.4) is 0 Å². The Morgan fingerprint density at radius 1 is 1.23 bits per heavy atom. The van der Waals surface area contributed by atoms with E-state index in [1.807, 2.05) is 12.1 Å². The van der Waals surface area contributed by atoms with Crippen LogP contribution >= 0.6 is 0 Å². The number of nitrogens with zero attached hydrogens (tertiary/aromatic N) is 1. The van der Waals surface area contributed by atoms with Gasteiger partial charge in [0, 0.05) is 0 Å². The molecule has 70 valence electrons. The minimum Gasteiger partial charge on any atom is -0.145 e. The zero-order valence-electron chi connectivity index (χ0n) is 8.37. The molecule has 1 rings (SSSR count). The molecule has 0 bridgehead atoms. The summed E-state index contributed by atoms with van der Waals surface area (Å²) in [5, 5.41) is 2.87. The second-order valence-electron chi connectivity index (χ2n) is 3.88. The zero-order valence-corrected chi connectivity index (χ0v) is 8.37. The van der Waals surface area contributed by atoms with E-state index in [2.05, 4.69) is 25.9 Å². The maximum atomic E-state index is 10.2. The lowest BCUT2D eigenvalue weighted by molar-refractivity contribution is 0.506. The molecule has 0 radical (unpaired) electrons. The Morgan fingerprint density at radius 3 is 2.15 bits per heavy atom. The molecule has 0 saturated heterocycles. The van der Waals surface area contributed by atoms with Crippen LogP contribution in [-0.2, 0) is 5.41 Å². The first kappa shape index (κ1) is 9.90. The van der Waals surface area contributed by atoms with Gasteiger partial charge < -0.3 is 0 Å². The van der Waals surface area contributed by atoms with Crippen molar-refractivity contribution in [3.8, 4) is 0 Å². The Morgan fingerprint density at radius 2 is 1.77 bits per heavy atom. The van der Waals surface area contributed by atoms with E-state index < -0.39 is 0 Å². The van der Waals surface area contributed by atoms with Gasteiger partial charge in [-0.1, -0.05) is 32.9 Å². The van der Waals surface area contributed by atoms with Gasteiger partial charge in [-0.05, 0) is 34.7 Å². The second-order valence-corrected chi connectivity index (χ2v) is 3.88. The van der Waals surface area contributed by atoms with Gasteiger partial charge in [-0.3, -0.25) is 0 Å². The molecule has 13 heavy (non-hydrogen) atoms. The Balaban J connectivity index is 2.98. The molecule has 0 aromatic heterocycles. The minimum absolute atomic E-state index is 0.182. The van der Waals surface area contributed by atoms with Gasteiger partial charge in [-0.15, -0.1) is 4.91 Å². The maximum Gasteiger partial charge on any atom is 0.108 e. The van der Waals surface area contributed by atoms with Crippen molar-refractivity contribution < 1.29 is 0 Å². The summed E-state index contributed by atoms with van der Waals surface area (Å²) in [5.74, 6) is 0. The monoisotopic (exact) mass is 177 g/mol. The third-order valence-electron chi connectivity index (χ3n) is 2.64. The van der Waals surface area contributed by atoms with Crippen LogP contribution in [0.5, 0.6) is 0 Å². The molecule has 0 amide bonds. The summed E-state index contributed by atoms with van der Waals surface area (Å²) in [5.41, 5.74) is 1.93. The molecule has 0 saturated carbocycles. The summed E-state index contributed by atoms with van der Waals surface area (Å²) in [6, 6.07) is 7.47. The highest BCUT2D eigenvalue weighted by atomic mass is 16.3. The van der Waals surface area contributed by atoms with Gasteiger partial charge in [0.25, 0.3) is 0 Å². The zero-order chi connectivity index (χ0) is 9.90. The SMILES string of the molecule is CCC(C)(C)c1ccc(N=O)cc1. The van der Waals surface area contributed by atoms with E-state index >= 15 is 0 Å². The lowest BCUT2D eigenvalue weighted by Gasteiger charge is -2.22. The second kappa shape index (κ2) is 3.69. The van der Waals surface area contributed by atoms with Gasteiger partial charge in [0.15, 0.2) is 0 Å². The first-order chi connectivity index (χ1) is 6.10. The van der Waals surface area contributed by atoms with Crippen LogP contribution in [0.2, 0.25) is 0 Å². The van der Waals surface area contributed by atoms with Crippen LogP contribution in [0.15, 0.2) is 29.4 Å². The molecular formula is C11H15NO. The van der Waals surface area contributed by atoms with E-state index in [1.54, 1.807) is 12.1 Å². The van der Waals surface area contributed by atoms with Crippen LogP contribution in [0.4, 0.5) is 5.69 Å². The van der Waals surface area contributed by atoms with Crippen molar-refractivity contribution in [1.82, 2.24) is 0 Å². The highest BCUT2D eigenvalue weighted by Gasteiger charge is 2.17. The van der Waals surface area contributed by atoms with Crippen LogP contribution in [0.25, 0.3) is 0 Å². The quantitative estimate of drug-likeness (QED) is 0.646. The van der Waals surface area contributed by atoms with Gasteiger partial charge in [0.1, 0.15) is 5.69 Å². The maximum absolute atomic E-state index is 10.2. The number of hydrogen-bond donors (Lipinski definition) is 0. The predicted octanol–water partition coefficient (Wildman–Crippen LogP) is 3.77. The Hall–Kier alpha value is -1.18. The van der Waals surface area contributed by atoms with Crippen molar-refractivity contribution in [3.05, 3.63) is 34.7 Å². The number of rotatable bonds is 3. The summed E-state index contributed by atoms with van der Waals surface area (Å²) >= 11 is 0. The average Bonchev–Trinajstić information content (AvgIpc) is 2.18. The van der Waals surface area contributed by atoms with Gasteiger partial charge >= 0.3 is 0 Å². The van der Waals surface area contributed by atoms with Gasteiger partial charge in [-0.2, -0.15) is 0 Å². The average molecular weight is 177 g/mol. The third kappa shape index (κ3) is 2.14. The molecule has 0 fully saturated rings. The van der Waals surface area contributed by atoms with E-state index in [4.69, 9.17) is 0 Å². The van der Waals surface area contributed by atoms with E-state index in [0.29, 0.717) is 5.69 Å². The summed E-state index contributed by atoms with van der Waals surface area (Å²) in [6.45, 7) is 6.54. The first-order valence-electron chi connectivity index (χ1n) is 4.54. The van der Waals surface area contributed by atoms with Crippen LogP contribution in [0, 0.1) is 4.91 Å². The highest BCUT2D eigenvalue weighted by molar-refractivity contribution is 5.40. The van der Waals surface area contributed by atoms with Gasteiger partial charge in [-0.25, -0.2) is 0 Å². The summed E-state index contributed by atoms with van der Waals surface area (Å²) in [7, 11) is 0. The molecule has 0 aliphatic rings. The van der Waals surface area contributed by atoms with E-state index in [9.17, 15) is 4.91 Å². The van der Waals surface area contributed by atoms with Crippen molar-refractivity contribution in [2.75, 3.05) is 0 Å². The summed E-state index contributed by atoms with van der Waals surface area (Å²) in [6.07, 6.45) is 1.08. The molecule has 0 N–H and O–H groups in total. The summed E-state index contributed by atoms with van der Waals surface area (Å²) in [4.78, 5) is 10.2. The van der Waals surface area contributed by atoms with Crippen molar-refractivity contribution in [3.63, 3.8) is 0 Å². The summed E-state index contributed by atoms with van der Waals surface area (Å²) < 4.78 is 0. The lowest BCUT2D eigenvalue weighted by atomic mass is 9.82. The van der Waals surface area contributed by atoms with Crippen molar-refractivity contribution in [2.24, 2.45) is 5.18 Å². The molecule has 0 atom stereocenters. The molecule has 0 aliphatic heterocycles. The first-order valence-corrected chi connectivity index (χ1v) is 4.54. The van der Waals surface area contributed by atoms with Crippen molar-refractivity contribution >= 4 is 5.69 Å². The van der Waals surface area contributed by atoms with Gasteiger partial charge in [0.05, 0.1) is 0 Å². The van der Waals surface area contributed by atoms with E-state index in [1.165, 1.54) is 5.56 Å². The largest absolute Gasteiger partial charge is 0.145 e. The highest BCUT2D eigenvalue weighted by Crippen LogP contribution is 2.27. The fourth-order valence-corrected chi connectivity index (χ4v) is 1.18. The van der Waals surface area contributed by atoms with Gasteiger partial charge in [0.2, 0.25) is 0 Å². The van der Waals surface area contributed by atoms with E-state index in [0.717, 1.165) is 6.42 Å². The molecule has 1 aromatic rings. The fraction of sp³-hybridized carbons (Fsp3) is 0.455. The number of benzene rings is 1. The number of nitroso groups, excluding NO2 is 1. The molecule has 0 aliphatic carbocycles. The standard InChI is InChI=1S/C11H15NO/c1-4-11(2,3)9-5-7-10(12-13)8-6-9/h5-8H,4H2,1-3H3. The molecular weight excluding hydrogens is 162 g/mol. The predicted molar refractivity (Wildman–Crippen MR) is 55.2 cm³/mol. The molecule has 0 spiro atoms. The lowest BCUT2D eigenvalue weighted by Crippen LogP contribution is -2.14. The fourth-order valence-electron chi connectivity index (χ4n) is 1.18. The van der Waals surface area contributed by atoms with Crippen molar-refractivity contribution in [2.45, 2.75) is 32.6 Å². The van der Waals surface area contributed by atoms with Crippen LogP contribution in [0.1, 0.15) is 32.8 Å². The normalized spacial score (nSPS) is 11.3. The van der Waals surface area contributed by atoms with Crippen LogP contribution < -0.4 is 0 Å². The molecule has 1 aromatic carbocycles. The minimum atomic E-state index is 0.182. The Labute approximate surface area is 79.0 Å². The van der Waals surface area contributed by atoms with Crippen molar-refractivity contribution in [1.29, 1.82) is 0 Å². The molecule has 0 heterocycles. The van der Waals surface area contributed by atoms with Crippen LogP contribution in [-0.4, -0.2) is 0 Å². The smallest absolute Gasteiger partial charge is 0.108 e. The molecule has 0 unspecified atom stereocenters. The molecule has 2 heteroatoms. The Bertz CT molecular complexity index is 287. The topological polar surface area (TPSA) is 29.4 Å². The van der Waals surface area contributed by atoms with E-state index in [-0.39, 0.29) is 5.41 Å². The molecule has 2 nitrogen and oxygen atoms in total. The third-order valence-corrected chi connectivity index (χ3v) is 2.64. The Kier molecular flexibility index (Phi) is 2.81.